The van der Waals surface area contributed by atoms with Gasteiger partial charge in [0.15, 0.2) is 5.65 Å². The SMILES string of the molecule is Nc1nnc2ccc(-c3ccc4ccccc4c3)nn12. The molecule has 0 unspecified atom stereocenters. The Kier molecular flexibility index (Phi) is 2.20. The maximum Gasteiger partial charge on any atom is 0.243 e. The van der Waals surface area contributed by atoms with E-state index in [9.17, 15) is 0 Å². The van der Waals surface area contributed by atoms with Crippen LogP contribution in [0.3, 0.4) is 0 Å². The monoisotopic (exact) mass is 261 g/mol. The van der Waals surface area contributed by atoms with Gasteiger partial charge in [0.1, 0.15) is 0 Å². The molecule has 0 fully saturated rings. The molecule has 5 nitrogen and oxygen atoms in total. The molecule has 0 aliphatic rings. The van der Waals surface area contributed by atoms with Gasteiger partial charge in [-0.05, 0) is 29.0 Å². The third-order valence-corrected chi connectivity index (χ3v) is 3.33. The van der Waals surface area contributed by atoms with Gasteiger partial charge < -0.3 is 5.73 Å². The van der Waals surface area contributed by atoms with Crippen LogP contribution in [0.1, 0.15) is 0 Å². The summed E-state index contributed by atoms with van der Waals surface area (Å²) in [6, 6.07) is 18.3. The maximum absolute atomic E-state index is 5.74. The number of aromatic nitrogens is 4. The Morgan fingerprint density at radius 2 is 1.70 bits per heavy atom. The summed E-state index contributed by atoms with van der Waals surface area (Å²) in [6.07, 6.45) is 0. The molecule has 5 heteroatoms. The largest absolute Gasteiger partial charge is 0.366 e. The summed E-state index contributed by atoms with van der Waals surface area (Å²) in [6.45, 7) is 0. The van der Waals surface area contributed by atoms with Crippen LogP contribution in [0.25, 0.3) is 27.7 Å². The highest BCUT2D eigenvalue weighted by Gasteiger charge is 2.06. The molecule has 0 aliphatic carbocycles. The van der Waals surface area contributed by atoms with E-state index in [4.69, 9.17) is 5.73 Å². The topological polar surface area (TPSA) is 69.1 Å². The maximum atomic E-state index is 5.74. The zero-order chi connectivity index (χ0) is 13.5. The van der Waals surface area contributed by atoms with Gasteiger partial charge in [-0.3, -0.25) is 0 Å². The fourth-order valence-electron chi connectivity index (χ4n) is 2.31. The Hall–Kier alpha value is -2.95. The van der Waals surface area contributed by atoms with Crippen molar-refractivity contribution in [2.75, 3.05) is 5.73 Å². The van der Waals surface area contributed by atoms with E-state index < -0.39 is 0 Å². The van der Waals surface area contributed by atoms with Gasteiger partial charge in [0.05, 0.1) is 5.69 Å². The van der Waals surface area contributed by atoms with Gasteiger partial charge in [0, 0.05) is 5.56 Å². The molecule has 0 aliphatic heterocycles. The molecule has 2 aromatic carbocycles. The molecular weight excluding hydrogens is 250 g/mol. The van der Waals surface area contributed by atoms with Gasteiger partial charge in [-0.2, -0.15) is 9.61 Å². The molecule has 0 atom stereocenters. The minimum Gasteiger partial charge on any atom is -0.366 e. The number of hydrogen-bond donors (Lipinski definition) is 1. The predicted molar refractivity (Wildman–Crippen MR) is 78.1 cm³/mol. The van der Waals surface area contributed by atoms with Crippen molar-refractivity contribution in [3.8, 4) is 11.3 Å². The minimum absolute atomic E-state index is 0.294. The highest BCUT2D eigenvalue weighted by molar-refractivity contribution is 5.86. The van der Waals surface area contributed by atoms with Gasteiger partial charge in [-0.15, -0.1) is 10.2 Å². The molecule has 4 aromatic rings. The fraction of sp³-hybridized carbons (Fsp3) is 0. The molecule has 4 rings (SSSR count). The second-order valence-electron chi connectivity index (χ2n) is 4.61. The van der Waals surface area contributed by atoms with Gasteiger partial charge >= 0.3 is 0 Å². The lowest BCUT2D eigenvalue weighted by atomic mass is 10.1. The van der Waals surface area contributed by atoms with E-state index >= 15 is 0 Å². The molecule has 0 amide bonds. The van der Waals surface area contributed by atoms with Crippen LogP contribution in [0.5, 0.6) is 0 Å². The molecule has 96 valence electrons. The zero-order valence-corrected chi connectivity index (χ0v) is 10.6. The molecule has 2 aromatic heterocycles. The summed E-state index contributed by atoms with van der Waals surface area (Å²) in [5.41, 5.74) is 8.27. The number of rotatable bonds is 1. The second-order valence-corrected chi connectivity index (χ2v) is 4.61. The van der Waals surface area contributed by atoms with Crippen LogP contribution in [0, 0.1) is 0 Å². The van der Waals surface area contributed by atoms with E-state index in [1.54, 1.807) is 4.52 Å². The van der Waals surface area contributed by atoms with E-state index in [0.717, 1.165) is 11.3 Å². The van der Waals surface area contributed by atoms with Crippen LogP contribution in [0.2, 0.25) is 0 Å². The predicted octanol–water partition coefficient (Wildman–Crippen LogP) is 2.53. The first-order valence-electron chi connectivity index (χ1n) is 6.28. The first-order valence-corrected chi connectivity index (χ1v) is 6.28. The van der Waals surface area contributed by atoms with Gasteiger partial charge in [-0.25, -0.2) is 0 Å². The average Bonchev–Trinajstić information content (AvgIpc) is 2.88. The number of nitrogen functional groups attached to an aromatic ring is 1. The highest BCUT2D eigenvalue weighted by Crippen LogP contribution is 2.23. The molecule has 0 saturated carbocycles. The summed E-state index contributed by atoms with van der Waals surface area (Å²) in [4.78, 5) is 0. The molecule has 0 saturated heterocycles. The summed E-state index contributed by atoms with van der Waals surface area (Å²) in [5, 5.41) is 14.6. The number of fused-ring (bicyclic) bond motifs is 2. The van der Waals surface area contributed by atoms with E-state index in [1.807, 2.05) is 24.3 Å². The molecule has 2 heterocycles. The van der Waals surface area contributed by atoms with Gasteiger partial charge in [0.25, 0.3) is 0 Å². The Bertz CT molecular complexity index is 926. The van der Waals surface area contributed by atoms with Crippen molar-refractivity contribution in [3.05, 3.63) is 54.6 Å². The lowest BCUT2D eigenvalue weighted by Gasteiger charge is -2.04. The molecule has 0 spiro atoms. The van der Waals surface area contributed by atoms with Crippen LogP contribution in [-0.2, 0) is 0 Å². The molecule has 0 radical (unpaired) electrons. The summed E-state index contributed by atoms with van der Waals surface area (Å²) in [7, 11) is 0. The van der Waals surface area contributed by atoms with Crippen molar-refractivity contribution in [3.63, 3.8) is 0 Å². The molecule has 0 bridgehead atoms. The molecule has 2 N–H and O–H groups in total. The van der Waals surface area contributed by atoms with Crippen LogP contribution < -0.4 is 5.73 Å². The highest BCUT2D eigenvalue weighted by atomic mass is 15.4. The minimum atomic E-state index is 0.294. The van der Waals surface area contributed by atoms with Crippen LogP contribution in [0.15, 0.2) is 54.6 Å². The standard InChI is InChI=1S/C15H11N5/c16-15-18-17-14-8-7-13(19-20(14)15)12-6-5-10-3-1-2-4-11(10)9-12/h1-9H,(H2,16,18). The summed E-state index contributed by atoms with van der Waals surface area (Å²) in [5.74, 6) is 0.294. The number of nitrogens with two attached hydrogens (primary N) is 1. The Morgan fingerprint density at radius 3 is 2.60 bits per heavy atom. The lowest BCUT2D eigenvalue weighted by Crippen LogP contribution is -1.99. The van der Waals surface area contributed by atoms with Gasteiger partial charge in [0.2, 0.25) is 5.95 Å². The first kappa shape index (κ1) is 10.9. The third kappa shape index (κ3) is 1.60. The Balaban J connectivity index is 1.93. The van der Waals surface area contributed by atoms with Crippen LogP contribution in [-0.4, -0.2) is 19.8 Å². The summed E-state index contributed by atoms with van der Waals surface area (Å²) >= 11 is 0. The van der Waals surface area contributed by atoms with Crippen LogP contribution in [0.4, 0.5) is 5.95 Å². The lowest BCUT2D eigenvalue weighted by molar-refractivity contribution is 0.946. The van der Waals surface area contributed by atoms with E-state index in [-0.39, 0.29) is 0 Å². The first-order chi connectivity index (χ1) is 9.81. The normalized spacial score (nSPS) is 11.2. The van der Waals surface area contributed by atoms with E-state index in [2.05, 4.69) is 45.6 Å². The van der Waals surface area contributed by atoms with Crippen molar-refractivity contribution < 1.29 is 0 Å². The smallest absolute Gasteiger partial charge is 0.243 e. The van der Waals surface area contributed by atoms with Crippen molar-refractivity contribution in [2.45, 2.75) is 0 Å². The van der Waals surface area contributed by atoms with E-state index in [1.165, 1.54) is 10.8 Å². The van der Waals surface area contributed by atoms with Crippen molar-refractivity contribution in [1.29, 1.82) is 0 Å². The molecular formula is C15H11N5. The average molecular weight is 261 g/mol. The van der Waals surface area contributed by atoms with Crippen molar-refractivity contribution in [1.82, 2.24) is 19.8 Å². The van der Waals surface area contributed by atoms with Crippen LogP contribution >= 0.6 is 0 Å². The van der Waals surface area contributed by atoms with Crippen molar-refractivity contribution in [2.24, 2.45) is 0 Å². The van der Waals surface area contributed by atoms with Crippen molar-refractivity contribution >= 4 is 22.4 Å². The zero-order valence-electron chi connectivity index (χ0n) is 10.6. The quantitative estimate of drug-likeness (QED) is 0.571. The Labute approximate surface area is 114 Å². The van der Waals surface area contributed by atoms with Gasteiger partial charge in [-0.1, -0.05) is 36.4 Å². The number of nitrogens with zero attached hydrogens (tertiary/aromatic N) is 4. The number of anilines is 1. The second kappa shape index (κ2) is 4.03. The number of benzene rings is 2. The Morgan fingerprint density at radius 1 is 0.850 bits per heavy atom. The number of hydrogen-bond acceptors (Lipinski definition) is 4. The molecule has 20 heavy (non-hydrogen) atoms. The summed E-state index contributed by atoms with van der Waals surface area (Å²) < 4.78 is 1.55. The third-order valence-electron chi connectivity index (χ3n) is 3.33. The fourth-order valence-corrected chi connectivity index (χ4v) is 2.31. The van der Waals surface area contributed by atoms with E-state index in [0.29, 0.717) is 11.6 Å².